The van der Waals surface area contributed by atoms with Crippen LogP contribution in [0.2, 0.25) is 0 Å². The number of pyridine rings is 1. The Bertz CT molecular complexity index is 1480. The molecule has 0 spiro atoms. The molecule has 2 aliphatic rings. The second kappa shape index (κ2) is 11.1. The molecular formula is C31H33N5O3. The van der Waals surface area contributed by atoms with Gasteiger partial charge in [0.15, 0.2) is 0 Å². The third kappa shape index (κ3) is 5.48. The van der Waals surface area contributed by atoms with Gasteiger partial charge in [0.1, 0.15) is 23.6 Å². The number of rotatable bonds is 7. The summed E-state index contributed by atoms with van der Waals surface area (Å²) >= 11 is 0. The number of aromatic amines is 1. The number of hydrogen-bond donors (Lipinski definition) is 2. The fraction of sp³-hybridized carbons (Fsp3) is 0.355. The van der Waals surface area contributed by atoms with Crippen molar-refractivity contribution in [2.75, 3.05) is 50.8 Å². The second-order valence-electron chi connectivity index (χ2n) is 10.4. The van der Waals surface area contributed by atoms with E-state index in [-0.39, 0.29) is 12.2 Å². The Hall–Kier alpha value is -3.90. The molecule has 0 bridgehead atoms. The molecule has 200 valence electrons. The van der Waals surface area contributed by atoms with Crippen LogP contribution in [0.15, 0.2) is 60.8 Å². The van der Waals surface area contributed by atoms with Crippen LogP contribution in [0, 0.1) is 11.3 Å². The van der Waals surface area contributed by atoms with Crippen molar-refractivity contribution < 1.29 is 14.6 Å². The molecular weight excluding hydrogens is 490 g/mol. The largest absolute Gasteiger partial charge is 0.488 e. The highest BCUT2D eigenvalue weighted by Crippen LogP contribution is 2.34. The highest BCUT2D eigenvalue weighted by atomic mass is 16.5. The number of nitriles is 1. The maximum Gasteiger partial charge on any atom is 0.138 e. The number of hydrogen-bond acceptors (Lipinski definition) is 7. The molecule has 4 heterocycles. The van der Waals surface area contributed by atoms with E-state index in [4.69, 9.17) is 9.47 Å². The van der Waals surface area contributed by atoms with E-state index in [0.717, 1.165) is 79.2 Å². The number of aromatic nitrogens is 2. The smallest absolute Gasteiger partial charge is 0.138 e. The van der Waals surface area contributed by atoms with Crippen molar-refractivity contribution in [2.24, 2.45) is 0 Å². The van der Waals surface area contributed by atoms with Gasteiger partial charge in [0, 0.05) is 55.7 Å². The Morgan fingerprint density at radius 3 is 2.67 bits per heavy atom. The lowest BCUT2D eigenvalue weighted by molar-refractivity contribution is 0.122. The van der Waals surface area contributed by atoms with E-state index in [2.05, 4.69) is 56.2 Å². The van der Waals surface area contributed by atoms with Crippen LogP contribution >= 0.6 is 0 Å². The minimum atomic E-state index is -0.363. The summed E-state index contributed by atoms with van der Waals surface area (Å²) in [5, 5.41) is 20.6. The third-order valence-electron chi connectivity index (χ3n) is 7.54. The molecule has 4 aromatic rings. The first kappa shape index (κ1) is 25.4. The number of ether oxygens (including phenoxy) is 2. The highest BCUT2D eigenvalue weighted by Gasteiger charge is 2.25. The summed E-state index contributed by atoms with van der Waals surface area (Å²) in [5.41, 5.74) is 6.59. The van der Waals surface area contributed by atoms with Gasteiger partial charge in [0.2, 0.25) is 0 Å². The van der Waals surface area contributed by atoms with E-state index in [1.165, 1.54) is 5.69 Å². The van der Waals surface area contributed by atoms with Crippen LogP contribution in [0.25, 0.3) is 33.4 Å². The van der Waals surface area contributed by atoms with Crippen LogP contribution < -0.4 is 9.64 Å². The van der Waals surface area contributed by atoms with E-state index in [0.29, 0.717) is 17.9 Å². The standard InChI is InChI=1S/C31H33N5O3/c1-21(37)19-35-11-9-26(20-35)39-30-7-4-23(16-24(30)18-32)27-8-10-33-31-28(27)17-29(34-31)22-2-5-25(6-3-22)36-12-14-38-15-13-36/h2-8,10,16-17,21,26,37H,9,11-15,19-20H2,1H3,(H,33,34)/t21?,26-/m1/s1. The van der Waals surface area contributed by atoms with Crippen molar-refractivity contribution >= 4 is 16.7 Å². The summed E-state index contributed by atoms with van der Waals surface area (Å²) in [6.45, 7) is 7.43. The number of β-amino-alcohol motifs (C(OH)–C–C–N with tert-alkyl or cyclic N) is 1. The molecule has 2 aliphatic heterocycles. The number of benzene rings is 2. The van der Waals surface area contributed by atoms with E-state index >= 15 is 0 Å². The maximum absolute atomic E-state index is 9.91. The van der Waals surface area contributed by atoms with Crippen LogP contribution in [0.5, 0.6) is 5.75 Å². The Balaban J connectivity index is 1.23. The van der Waals surface area contributed by atoms with Crippen LogP contribution in [0.1, 0.15) is 18.9 Å². The van der Waals surface area contributed by atoms with Crippen molar-refractivity contribution in [1.82, 2.24) is 14.9 Å². The summed E-state index contributed by atoms with van der Waals surface area (Å²) in [7, 11) is 0. The minimum absolute atomic E-state index is 0.0104. The lowest BCUT2D eigenvalue weighted by Crippen LogP contribution is -2.36. The van der Waals surface area contributed by atoms with E-state index in [1.54, 1.807) is 13.1 Å². The highest BCUT2D eigenvalue weighted by molar-refractivity contribution is 5.96. The van der Waals surface area contributed by atoms with Gasteiger partial charge >= 0.3 is 0 Å². The van der Waals surface area contributed by atoms with Gasteiger partial charge in [-0.2, -0.15) is 5.26 Å². The van der Waals surface area contributed by atoms with E-state index in [1.807, 2.05) is 24.3 Å². The summed E-state index contributed by atoms with van der Waals surface area (Å²) in [6, 6.07) is 20.8. The molecule has 0 radical (unpaired) electrons. The van der Waals surface area contributed by atoms with E-state index < -0.39 is 0 Å². The molecule has 2 saturated heterocycles. The molecule has 0 aliphatic carbocycles. The number of aliphatic hydroxyl groups excluding tert-OH is 1. The predicted molar refractivity (Wildman–Crippen MR) is 152 cm³/mol. The first-order valence-electron chi connectivity index (χ1n) is 13.6. The molecule has 0 saturated carbocycles. The number of nitrogens with one attached hydrogen (secondary N) is 1. The monoisotopic (exact) mass is 523 g/mol. The summed E-state index contributed by atoms with van der Waals surface area (Å²) in [6.07, 6.45) is 2.32. The molecule has 2 fully saturated rings. The van der Waals surface area contributed by atoms with E-state index in [9.17, 15) is 10.4 Å². The molecule has 1 unspecified atom stereocenters. The van der Waals surface area contributed by atoms with Gasteiger partial charge in [-0.05, 0) is 66.4 Å². The Morgan fingerprint density at radius 1 is 1.10 bits per heavy atom. The molecule has 2 aromatic carbocycles. The van der Waals surface area contributed by atoms with Crippen LogP contribution in [0.3, 0.4) is 0 Å². The third-order valence-corrected chi connectivity index (χ3v) is 7.54. The minimum Gasteiger partial charge on any atom is -0.488 e. The van der Waals surface area contributed by atoms with Crippen LogP contribution in [-0.4, -0.2) is 78.1 Å². The number of nitrogens with zero attached hydrogens (tertiary/aromatic N) is 4. The average molecular weight is 524 g/mol. The fourth-order valence-corrected chi connectivity index (χ4v) is 5.61. The molecule has 2 aromatic heterocycles. The number of likely N-dealkylation sites (tertiary alicyclic amines) is 1. The summed E-state index contributed by atoms with van der Waals surface area (Å²) in [5.74, 6) is 0.602. The van der Waals surface area contributed by atoms with Crippen LogP contribution in [-0.2, 0) is 4.74 Å². The molecule has 8 heteroatoms. The lowest BCUT2D eigenvalue weighted by Gasteiger charge is -2.28. The molecule has 2 N–H and O–H groups in total. The Labute approximate surface area is 228 Å². The topological polar surface area (TPSA) is 97.6 Å². The van der Waals surface area contributed by atoms with Gasteiger partial charge in [0.05, 0.1) is 24.9 Å². The quantitative estimate of drug-likeness (QED) is 0.370. The van der Waals surface area contributed by atoms with Gasteiger partial charge in [0.25, 0.3) is 0 Å². The number of aliphatic hydroxyl groups is 1. The number of morpholine rings is 1. The molecule has 6 rings (SSSR count). The second-order valence-corrected chi connectivity index (χ2v) is 10.4. The van der Waals surface area contributed by atoms with Crippen molar-refractivity contribution in [3.05, 3.63) is 66.4 Å². The molecule has 2 atom stereocenters. The van der Waals surface area contributed by atoms with Gasteiger partial charge in [-0.1, -0.05) is 18.2 Å². The average Bonchev–Trinajstić information content (AvgIpc) is 3.60. The SMILES string of the molecule is CC(O)CN1CC[C@@H](Oc2ccc(-c3ccnc4[nH]c(-c5ccc(N6CCOCC6)cc5)cc34)cc2C#N)C1. The maximum atomic E-state index is 9.91. The first-order chi connectivity index (χ1) is 19.1. The number of H-pyrrole nitrogens is 1. The zero-order chi connectivity index (χ0) is 26.8. The lowest BCUT2D eigenvalue weighted by atomic mass is 10.0. The summed E-state index contributed by atoms with van der Waals surface area (Å²) < 4.78 is 11.7. The summed E-state index contributed by atoms with van der Waals surface area (Å²) in [4.78, 5) is 12.6. The Kier molecular flexibility index (Phi) is 7.20. The zero-order valence-corrected chi connectivity index (χ0v) is 22.1. The first-order valence-corrected chi connectivity index (χ1v) is 13.6. The predicted octanol–water partition coefficient (Wildman–Crippen LogP) is 4.44. The van der Waals surface area contributed by atoms with Gasteiger partial charge in [-0.25, -0.2) is 4.98 Å². The van der Waals surface area contributed by atoms with Crippen molar-refractivity contribution in [3.8, 4) is 34.2 Å². The molecule has 0 amide bonds. The molecule has 39 heavy (non-hydrogen) atoms. The van der Waals surface area contributed by atoms with Gasteiger partial charge in [-0.15, -0.1) is 0 Å². The van der Waals surface area contributed by atoms with Crippen molar-refractivity contribution in [3.63, 3.8) is 0 Å². The molecule has 8 nitrogen and oxygen atoms in total. The van der Waals surface area contributed by atoms with Gasteiger partial charge < -0.3 is 24.5 Å². The normalized spacial score (nSPS) is 18.8. The van der Waals surface area contributed by atoms with Crippen LogP contribution in [0.4, 0.5) is 5.69 Å². The Morgan fingerprint density at radius 2 is 1.90 bits per heavy atom. The number of fused-ring (bicyclic) bond motifs is 1. The fourth-order valence-electron chi connectivity index (χ4n) is 5.61. The van der Waals surface area contributed by atoms with Crippen molar-refractivity contribution in [1.29, 1.82) is 5.26 Å². The van der Waals surface area contributed by atoms with Gasteiger partial charge in [-0.3, -0.25) is 4.90 Å². The van der Waals surface area contributed by atoms with Crippen molar-refractivity contribution in [2.45, 2.75) is 25.6 Å². The zero-order valence-electron chi connectivity index (χ0n) is 22.1. The number of anilines is 1.